The van der Waals surface area contributed by atoms with E-state index in [0.717, 1.165) is 32.6 Å². The van der Waals surface area contributed by atoms with Gasteiger partial charge in [-0.1, -0.05) is 18.2 Å². The van der Waals surface area contributed by atoms with Crippen LogP contribution in [0.1, 0.15) is 6.42 Å². The van der Waals surface area contributed by atoms with Crippen molar-refractivity contribution >= 4 is 11.8 Å². The molecule has 1 aromatic carbocycles. The largest absolute Gasteiger partial charge is 0.453 e. The van der Waals surface area contributed by atoms with Crippen molar-refractivity contribution in [3.05, 3.63) is 30.3 Å². The quantitative estimate of drug-likeness (QED) is 0.744. The van der Waals surface area contributed by atoms with Gasteiger partial charge in [0.25, 0.3) is 0 Å². The number of methoxy groups -OCH3 is 1. The lowest BCUT2D eigenvalue weighted by atomic mass is 10.3. The van der Waals surface area contributed by atoms with E-state index in [0.29, 0.717) is 0 Å². The molecule has 0 spiro atoms. The SMILES string of the molecule is COC(=O)N1CCCN(c2ccccc2)CC1. The minimum atomic E-state index is -0.222. The van der Waals surface area contributed by atoms with Crippen LogP contribution in [0.4, 0.5) is 10.5 Å². The molecule has 1 aromatic rings. The molecule has 0 bridgehead atoms. The van der Waals surface area contributed by atoms with E-state index in [2.05, 4.69) is 17.0 Å². The monoisotopic (exact) mass is 234 g/mol. The molecule has 0 radical (unpaired) electrons. The van der Waals surface area contributed by atoms with Crippen LogP contribution in [0.25, 0.3) is 0 Å². The van der Waals surface area contributed by atoms with E-state index < -0.39 is 0 Å². The topological polar surface area (TPSA) is 32.8 Å². The third kappa shape index (κ3) is 2.90. The second-order valence-corrected chi connectivity index (χ2v) is 4.13. The molecule has 4 nitrogen and oxygen atoms in total. The zero-order valence-electron chi connectivity index (χ0n) is 10.1. The number of benzene rings is 1. The van der Waals surface area contributed by atoms with Crippen molar-refractivity contribution in [3.63, 3.8) is 0 Å². The van der Waals surface area contributed by atoms with Gasteiger partial charge in [-0.05, 0) is 18.6 Å². The number of hydrogen-bond acceptors (Lipinski definition) is 3. The van der Waals surface area contributed by atoms with Crippen molar-refractivity contribution in [2.45, 2.75) is 6.42 Å². The maximum Gasteiger partial charge on any atom is 0.409 e. The van der Waals surface area contributed by atoms with Gasteiger partial charge in [-0.2, -0.15) is 0 Å². The number of para-hydroxylation sites is 1. The lowest BCUT2D eigenvalue weighted by molar-refractivity contribution is 0.126. The molecule has 0 unspecified atom stereocenters. The average Bonchev–Trinajstić information content (AvgIpc) is 2.64. The second-order valence-electron chi connectivity index (χ2n) is 4.13. The summed E-state index contributed by atoms with van der Waals surface area (Å²) in [6.45, 7) is 3.34. The van der Waals surface area contributed by atoms with Crippen LogP contribution in [0, 0.1) is 0 Å². The van der Waals surface area contributed by atoms with Crippen LogP contribution in [-0.4, -0.2) is 44.3 Å². The summed E-state index contributed by atoms with van der Waals surface area (Å²) < 4.78 is 4.75. The minimum absolute atomic E-state index is 0.222. The molecule has 1 amide bonds. The van der Waals surface area contributed by atoms with E-state index in [-0.39, 0.29) is 6.09 Å². The molecule has 0 N–H and O–H groups in total. The molecule has 0 aromatic heterocycles. The van der Waals surface area contributed by atoms with E-state index >= 15 is 0 Å². The van der Waals surface area contributed by atoms with Gasteiger partial charge >= 0.3 is 6.09 Å². The summed E-state index contributed by atoms with van der Waals surface area (Å²) in [5.41, 5.74) is 1.22. The van der Waals surface area contributed by atoms with Gasteiger partial charge < -0.3 is 14.5 Å². The molecule has 92 valence electrons. The van der Waals surface area contributed by atoms with Gasteiger partial charge in [-0.3, -0.25) is 0 Å². The third-order valence-corrected chi connectivity index (χ3v) is 3.05. The smallest absolute Gasteiger partial charge is 0.409 e. The van der Waals surface area contributed by atoms with Gasteiger partial charge in [0.2, 0.25) is 0 Å². The molecule has 17 heavy (non-hydrogen) atoms. The first-order valence-electron chi connectivity index (χ1n) is 5.94. The molecular formula is C13H18N2O2. The van der Waals surface area contributed by atoms with Gasteiger partial charge in [0.05, 0.1) is 7.11 Å². The fourth-order valence-corrected chi connectivity index (χ4v) is 2.13. The Labute approximate surface area is 102 Å². The summed E-state index contributed by atoms with van der Waals surface area (Å²) in [6.07, 6.45) is 0.754. The summed E-state index contributed by atoms with van der Waals surface area (Å²) in [6, 6.07) is 10.3. The minimum Gasteiger partial charge on any atom is -0.453 e. The highest BCUT2D eigenvalue weighted by atomic mass is 16.5. The van der Waals surface area contributed by atoms with E-state index in [1.54, 1.807) is 4.90 Å². The van der Waals surface area contributed by atoms with Crippen molar-refractivity contribution in [2.24, 2.45) is 0 Å². The van der Waals surface area contributed by atoms with Gasteiger partial charge in [-0.25, -0.2) is 4.79 Å². The van der Waals surface area contributed by atoms with Crippen molar-refractivity contribution in [2.75, 3.05) is 38.2 Å². The molecular weight excluding hydrogens is 216 g/mol. The van der Waals surface area contributed by atoms with Crippen LogP contribution in [0.3, 0.4) is 0 Å². The normalized spacial score (nSPS) is 16.5. The molecule has 4 heteroatoms. The molecule has 1 aliphatic rings. The standard InChI is InChI=1S/C13H18N2O2/c1-17-13(16)15-9-5-8-14(10-11-15)12-6-3-2-4-7-12/h2-4,6-7H,5,8-11H2,1H3. The number of carbonyl (C=O) groups excluding carboxylic acids is 1. The van der Waals surface area contributed by atoms with Crippen LogP contribution in [0.5, 0.6) is 0 Å². The van der Waals surface area contributed by atoms with E-state index in [1.807, 2.05) is 18.2 Å². The van der Waals surface area contributed by atoms with Crippen LogP contribution in [-0.2, 0) is 4.74 Å². The molecule has 1 fully saturated rings. The van der Waals surface area contributed by atoms with Crippen LogP contribution >= 0.6 is 0 Å². The molecule has 2 rings (SSSR count). The Morgan fingerprint density at radius 1 is 1.12 bits per heavy atom. The molecule has 1 heterocycles. The number of rotatable bonds is 1. The summed E-state index contributed by atoms with van der Waals surface area (Å²) >= 11 is 0. The maximum absolute atomic E-state index is 11.4. The summed E-state index contributed by atoms with van der Waals surface area (Å²) in [5.74, 6) is 0. The Morgan fingerprint density at radius 2 is 1.88 bits per heavy atom. The maximum atomic E-state index is 11.4. The number of anilines is 1. The van der Waals surface area contributed by atoms with Crippen molar-refractivity contribution in [1.29, 1.82) is 0 Å². The zero-order chi connectivity index (χ0) is 12.1. The zero-order valence-corrected chi connectivity index (χ0v) is 10.1. The Kier molecular flexibility index (Phi) is 3.85. The predicted octanol–water partition coefficient (Wildman–Crippen LogP) is 1.97. The lowest BCUT2D eigenvalue weighted by Gasteiger charge is -2.23. The highest BCUT2D eigenvalue weighted by Gasteiger charge is 2.19. The van der Waals surface area contributed by atoms with E-state index in [1.165, 1.54) is 12.8 Å². The van der Waals surface area contributed by atoms with E-state index in [4.69, 9.17) is 4.74 Å². The van der Waals surface area contributed by atoms with Gasteiger partial charge in [0.15, 0.2) is 0 Å². The average molecular weight is 234 g/mol. The number of nitrogens with zero attached hydrogens (tertiary/aromatic N) is 2. The van der Waals surface area contributed by atoms with Crippen LogP contribution < -0.4 is 4.90 Å². The van der Waals surface area contributed by atoms with Gasteiger partial charge in [0, 0.05) is 31.9 Å². The molecule has 1 saturated heterocycles. The number of hydrogen-bond donors (Lipinski definition) is 0. The Bertz CT molecular complexity index is 367. The van der Waals surface area contributed by atoms with Crippen LogP contribution in [0.2, 0.25) is 0 Å². The number of ether oxygens (including phenoxy) is 1. The number of carbonyl (C=O) groups is 1. The van der Waals surface area contributed by atoms with Gasteiger partial charge in [-0.15, -0.1) is 0 Å². The summed E-state index contributed by atoms with van der Waals surface area (Å²) in [4.78, 5) is 15.5. The highest BCUT2D eigenvalue weighted by Crippen LogP contribution is 2.15. The second kappa shape index (κ2) is 5.57. The predicted molar refractivity (Wildman–Crippen MR) is 67.3 cm³/mol. The highest BCUT2D eigenvalue weighted by molar-refractivity contribution is 5.67. The molecule has 1 aliphatic heterocycles. The summed E-state index contributed by atoms with van der Waals surface area (Å²) in [5, 5.41) is 0. The van der Waals surface area contributed by atoms with Gasteiger partial charge in [0.1, 0.15) is 0 Å². The molecule has 0 saturated carbocycles. The first kappa shape index (κ1) is 11.8. The Hall–Kier alpha value is -1.71. The number of amides is 1. The van der Waals surface area contributed by atoms with Crippen molar-refractivity contribution in [3.8, 4) is 0 Å². The molecule has 0 aliphatic carbocycles. The fourth-order valence-electron chi connectivity index (χ4n) is 2.13. The van der Waals surface area contributed by atoms with Crippen LogP contribution in [0.15, 0.2) is 30.3 Å². The Morgan fingerprint density at radius 3 is 2.59 bits per heavy atom. The lowest BCUT2D eigenvalue weighted by Crippen LogP contribution is -2.35. The molecule has 0 atom stereocenters. The van der Waals surface area contributed by atoms with Crippen molar-refractivity contribution in [1.82, 2.24) is 4.90 Å². The fraction of sp³-hybridized carbons (Fsp3) is 0.462. The van der Waals surface area contributed by atoms with Crippen molar-refractivity contribution < 1.29 is 9.53 Å². The first-order chi connectivity index (χ1) is 8.31. The summed E-state index contributed by atoms with van der Waals surface area (Å²) in [7, 11) is 1.43. The third-order valence-electron chi connectivity index (χ3n) is 3.05. The first-order valence-corrected chi connectivity index (χ1v) is 5.94. The van der Waals surface area contributed by atoms with E-state index in [9.17, 15) is 4.79 Å². The Balaban J connectivity index is 1.99.